The van der Waals surface area contributed by atoms with Crippen molar-refractivity contribution in [3.63, 3.8) is 0 Å². The number of nitrogens with two attached hydrogens (primary N) is 1. The van der Waals surface area contributed by atoms with Gasteiger partial charge in [-0.15, -0.1) is 0 Å². The van der Waals surface area contributed by atoms with E-state index in [1.165, 1.54) is 0 Å². The molecule has 0 amide bonds. The molecule has 1 rings (SSSR count). The lowest BCUT2D eigenvalue weighted by molar-refractivity contribution is -0.137. The second-order valence-electron chi connectivity index (χ2n) is 3.68. The summed E-state index contributed by atoms with van der Waals surface area (Å²) in [4.78, 5) is 10.4. The standard InChI is InChI=1S/C11H15NO3/c1-7-4-8(2-3-10(7)13)5-9(12)6-11(14)15/h2-4,9,13H,5-6,12H2,1H3,(H,14,15). The van der Waals surface area contributed by atoms with E-state index in [1.807, 2.05) is 6.07 Å². The zero-order chi connectivity index (χ0) is 11.4. The first-order chi connectivity index (χ1) is 6.99. The Morgan fingerprint density at radius 2 is 2.20 bits per heavy atom. The van der Waals surface area contributed by atoms with Crippen molar-refractivity contribution in [1.29, 1.82) is 0 Å². The van der Waals surface area contributed by atoms with Gasteiger partial charge in [-0.2, -0.15) is 0 Å². The van der Waals surface area contributed by atoms with E-state index in [-0.39, 0.29) is 18.2 Å². The number of benzene rings is 1. The molecule has 0 aliphatic heterocycles. The van der Waals surface area contributed by atoms with Crippen LogP contribution in [0, 0.1) is 6.92 Å². The Labute approximate surface area is 88.3 Å². The molecule has 4 heteroatoms. The highest BCUT2D eigenvalue weighted by atomic mass is 16.4. The Morgan fingerprint density at radius 1 is 1.53 bits per heavy atom. The number of rotatable bonds is 4. The molecular weight excluding hydrogens is 194 g/mol. The highest BCUT2D eigenvalue weighted by molar-refractivity contribution is 5.67. The minimum Gasteiger partial charge on any atom is -0.508 e. The maximum absolute atomic E-state index is 10.4. The number of carbonyl (C=O) groups is 1. The van der Waals surface area contributed by atoms with Crippen LogP contribution < -0.4 is 5.73 Å². The fourth-order valence-electron chi connectivity index (χ4n) is 1.44. The molecule has 1 atom stereocenters. The van der Waals surface area contributed by atoms with Crippen molar-refractivity contribution >= 4 is 5.97 Å². The van der Waals surface area contributed by atoms with Gasteiger partial charge in [-0.05, 0) is 30.5 Å². The number of aliphatic carboxylic acids is 1. The van der Waals surface area contributed by atoms with Crippen molar-refractivity contribution in [1.82, 2.24) is 0 Å². The summed E-state index contributed by atoms with van der Waals surface area (Å²) < 4.78 is 0. The highest BCUT2D eigenvalue weighted by Crippen LogP contribution is 2.17. The first-order valence-electron chi connectivity index (χ1n) is 4.75. The summed E-state index contributed by atoms with van der Waals surface area (Å²) >= 11 is 0. The van der Waals surface area contributed by atoms with Crippen LogP contribution in [0.2, 0.25) is 0 Å². The Balaban J connectivity index is 2.64. The number of carboxylic acid groups (broad SMARTS) is 1. The molecule has 0 saturated heterocycles. The van der Waals surface area contributed by atoms with Gasteiger partial charge in [-0.1, -0.05) is 12.1 Å². The maximum Gasteiger partial charge on any atom is 0.304 e. The normalized spacial score (nSPS) is 12.4. The number of phenolic OH excluding ortho intramolecular Hbond substituents is 1. The molecule has 0 heterocycles. The van der Waals surface area contributed by atoms with Crippen LogP contribution in [0.1, 0.15) is 17.5 Å². The lowest BCUT2D eigenvalue weighted by atomic mass is 10.0. The van der Waals surface area contributed by atoms with Gasteiger partial charge in [0.15, 0.2) is 0 Å². The van der Waals surface area contributed by atoms with Crippen LogP contribution in [0.5, 0.6) is 5.75 Å². The SMILES string of the molecule is Cc1cc(CC(N)CC(=O)O)ccc1O. The first-order valence-corrected chi connectivity index (χ1v) is 4.75. The van der Waals surface area contributed by atoms with Crippen molar-refractivity contribution < 1.29 is 15.0 Å². The van der Waals surface area contributed by atoms with Crippen molar-refractivity contribution in [3.8, 4) is 5.75 Å². The van der Waals surface area contributed by atoms with Crippen LogP contribution >= 0.6 is 0 Å². The topological polar surface area (TPSA) is 83.6 Å². The van der Waals surface area contributed by atoms with Crippen LogP contribution in [0.15, 0.2) is 18.2 Å². The van der Waals surface area contributed by atoms with Gasteiger partial charge in [0, 0.05) is 6.04 Å². The number of carboxylic acids is 1. The quantitative estimate of drug-likeness (QED) is 0.692. The van der Waals surface area contributed by atoms with Crippen LogP contribution in [0.25, 0.3) is 0 Å². The van der Waals surface area contributed by atoms with Gasteiger partial charge in [0.25, 0.3) is 0 Å². The van der Waals surface area contributed by atoms with E-state index >= 15 is 0 Å². The predicted octanol–water partition coefficient (Wildman–Crippen LogP) is 1.05. The number of hydrogen-bond donors (Lipinski definition) is 3. The first kappa shape index (κ1) is 11.5. The third-order valence-corrected chi connectivity index (χ3v) is 2.20. The molecule has 1 aromatic rings. The molecule has 0 radical (unpaired) electrons. The van der Waals surface area contributed by atoms with Gasteiger partial charge in [-0.25, -0.2) is 0 Å². The minimum atomic E-state index is -0.891. The van der Waals surface area contributed by atoms with Gasteiger partial charge in [0.05, 0.1) is 6.42 Å². The molecule has 82 valence electrons. The smallest absolute Gasteiger partial charge is 0.304 e. The van der Waals surface area contributed by atoms with Crippen LogP contribution in [0.4, 0.5) is 0 Å². The van der Waals surface area contributed by atoms with Gasteiger partial charge in [0.2, 0.25) is 0 Å². The molecule has 0 aliphatic carbocycles. The molecule has 0 aromatic heterocycles. The van der Waals surface area contributed by atoms with E-state index in [1.54, 1.807) is 19.1 Å². The lowest BCUT2D eigenvalue weighted by Gasteiger charge is -2.09. The summed E-state index contributed by atoms with van der Waals surface area (Å²) in [7, 11) is 0. The lowest BCUT2D eigenvalue weighted by Crippen LogP contribution is -2.26. The fraction of sp³-hybridized carbons (Fsp3) is 0.364. The van der Waals surface area contributed by atoms with Crippen molar-refractivity contribution in [2.75, 3.05) is 0 Å². The zero-order valence-corrected chi connectivity index (χ0v) is 8.60. The summed E-state index contributed by atoms with van der Waals surface area (Å²) in [6, 6.07) is 4.78. The van der Waals surface area contributed by atoms with Gasteiger partial charge >= 0.3 is 5.97 Å². The van der Waals surface area contributed by atoms with Gasteiger partial charge < -0.3 is 15.9 Å². The summed E-state index contributed by atoms with van der Waals surface area (Å²) in [5.41, 5.74) is 7.37. The van der Waals surface area contributed by atoms with Crippen LogP contribution in [0.3, 0.4) is 0 Å². The second kappa shape index (κ2) is 4.79. The second-order valence-corrected chi connectivity index (χ2v) is 3.68. The summed E-state index contributed by atoms with van der Waals surface area (Å²) in [5, 5.41) is 17.8. The van der Waals surface area contributed by atoms with Gasteiger partial charge in [0.1, 0.15) is 5.75 Å². The van der Waals surface area contributed by atoms with E-state index < -0.39 is 5.97 Å². The zero-order valence-electron chi connectivity index (χ0n) is 8.60. The highest BCUT2D eigenvalue weighted by Gasteiger charge is 2.09. The van der Waals surface area contributed by atoms with Crippen LogP contribution in [-0.2, 0) is 11.2 Å². The molecule has 15 heavy (non-hydrogen) atoms. The molecule has 0 spiro atoms. The molecular formula is C11H15NO3. The minimum absolute atomic E-state index is 0.0417. The number of hydrogen-bond acceptors (Lipinski definition) is 3. The molecule has 0 fully saturated rings. The molecule has 0 bridgehead atoms. The summed E-state index contributed by atoms with van der Waals surface area (Å²) in [6.07, 6.45) is 0.466. The molecule has 0 aliphatic rings. The monoisotopic (exact) mass is 209 g/mol. The number of phenols is 1. The van der Waals surface area contributed by atoms with E-state index in [0.717, 1.165) is 11.1 Å². The molecule has 1 aromatic carbocycles. The molecule has 4 N–H and O–H groups in total. The van der Waals surface area contributed by atoms with E-state index in [4.69, 9.17) is 10.8 Å². The van der Waals surface area contributed by atoms with Crippen molar-refractivity contribution in [2.45, 2.75) is 25.8 Å². The average molecular weight is 209 g/mol. The summed E-state index contributed by atoms with van der Waals surface area (Å²) in [5.74, 6) is -0.649. The van der Waals surface area contributed by atoms with Crippen molar-refractivity contribution in [3.05, 3.63) is 29.3 Å². The van der Waals surface area contributed by atoms with E-state index in [9.17, 15) is 9.90 Å². The Hall–Kier alpha value is -1.55. The Bertz CT molecular complexity index is 363. The third kappa shape index (κ3) is 3.59. The Morgan fingerprint density at radius 3 is 2.73 bits per heavy atom. The largest absolute Gasteiger partial charge is 0.508 e. The number of aromatic hydroxyl groups is 1. The van der Waals surface area contributed by atoms with E-state index in [2.05, 4.69) is 0 Å². The van der Waals surface area contributed by atoms with Crippen molar-refractivity contribution in [2.24, 2.45) is 5.73 Å². The predicted molar refractivity (Wildman–Crippen MR) is 56.8 cm³/mol. The third-order valence-electron chi connectivity index (χ3n) is 2.20. The fourth-order valence-corrected chi connectivity index (χ4v) is 1.44. The summed E-state index contributed by atoms with van der Waals surface area (Å²) in [6.45, 7) is 1.79. The molecule has 4 nitrogen and oxygen atoms in total. The average Bonchev–Trinajstić information content (AvgIpc) is 2.10. The number of aryl methyl sites for hydroxylation is 1. The molecule has 1 unspecified atom stereocenters. The van der Waals surface area contributed by atoms with E-state index in [0.29, 0.717) is 6.42 Å². The molecule has 0 saturated carbocycles. The maximum atomic E-state index is 10.4. The van der Waals surface area contributed by atoms with Gasteiger partial charge in [-0.3, -0.25) is 4.79 Å². The Kier molecular flexibility index (Phi) is 3.68. The van der Waals surface area contributed by atoms with Crippen LogP contribution in [-0.4, -0.2) is 22.2 Å².